The quantitative estimate of drug-likeness (QED) is 0.201. The molecule has 0 spiro atoms. The van der Waals surface area contributed by atoms with Crippen molar-refractivity contribution in [1.82, 2.24) is 0 Å². The molecule has 1 saturated heterocycles. The Morgan fingerprint density at radius 3 is 2.36 bits per heavy atom. The monoisotopic (exact) mass is 415 g/mol. The number of benzene rings is 1. The first-order chi connectivity index (χ1) is 11.2. The van der Waals surface area contributed by atoms with E-state index in [9.17, 15) is 28.3 Å². The molecule has 1 fully saturated rings. The van der Waals surface area contributed by atoms with Gasteiger partial charge in [-0.3, -0.25) is 0 Å². The van der Waals surface area contributed by atoms with Crippen molar-refractivity contribution in [3.05, 3.63) is 35.9 Å². The van der Waals surface area contributed by atoms with Crippen LogP contribution in [0.1, 0.15) is 12.5 Å². The van der Waals surface area contributed by atoms with Crippen molar-refractivity contribution in [2.24, 2.45) is 4.40 Å². The van der Waals surface area contributed by atoms with Crippen LogP contribution in [-0.2, 0) is 21.5 Å². The van der Waals surface area contributed by atoms with Gasteiger partial charge in [0.2, 0.25) is 10.3 Å². The van der Waals surface area contributed by atoms with Gasteiger partial charge in [-0.25, -0.2) is 8.42 Å². The molecule has 0 amide bonds. The molecule has 2 rings (SSSR count). The Hall–Kier alpha value is 0.626. The summed E-state index contributed by atoms with van der Waals surface area (Å²) in [7, 11) is -4.88. The van der Waals surface area contributed by atoms with E-state index >= 15 is 0 Å². The van der Waals surface area contributed by atoms with Gasteiger partial charge in [0.25, 0.3) is 0 Å². The summed E-state index contributed by atoms with van der Waals surface area (Å²) >= 11 is 0.733. The Labute approximate surface area is 193 Å². The summed E-state index contributed by atoms with van der Waals surface area (Å²) in [5.41, 5.74) is -0.353. The number of thioether (sulfide) groups is 1. The van der Waals surface area contributed by atoms with Gasteiger partial charge in [-0.15, -0.1) is 0 Å². The number of hydrogen-bond acceptors (Lipinski definition) is 8. The van der Waals surface area contributed by atoms with Gasteiger partial charge in [0.15, 0.2) is 0 Å². The Kier molecular flexibility index (Phi) is 9.70. The Balaban J connectivity index is 0.00000312. The molecule has 0 unspecified atom stereocenters. The van der Waals surface area contributed by atoms with Crippen molar-refractivity contribution in [1.29, 1.82) is 0 Å². The van der Waals surface area contributed by atoms with Gasteiger partial charge < -0.3 is 24.6 Å². The maximum Gasteiger partial charge on any atom is 1.00 e. The third kappa shape index (κ3) is 7.28. The molecule has 0 aromatic heterocycles. The van der Waals surface area contributed by atoms with Crippen LogP contribution in [0.4, 0.5) is 0 Å². The van der Waals surface area contributed by atoms with Gasteiger partial charge in [0.1, 0.15) is 23.7 Å². The smallest absolute Gasteiger partial charge is 0.730 e. The molecule has 1 heterocycles. The van der Waals surface area contributed by atoms with Crippen molar-refractivity contribution >= 4 is 27.1 Å². The fraction of sp³-hybridized carbons (Fsp3) is 0.500. The summed E-state index contributed by atoms with van der Waals surface area (Å²) in [5.74, 6) is 0. The number of hydrogen-bond donors (Lipinski definition) is 3. The minimum absolute atomic E-state index is 0. The summed E-state index contributed by atoms with van der Waals surface area (Å²) in [6.45, 7) is 1.51. The molecule has 5 atom stereocenters. The van der Waals surface area contributed by atoms with E-state index in [2.05, 4.69) is 4.40 Å². The van der Waals surface area contributed by atoms with Crippen molar-refractivity contribution in [3.63, 3.8) is 0 Å². The summed E-state index contributed by atoms with van der Waals surface area (Å²) in [6.07, 6.45) is -4.91. The maximum atomic E-state index is 11.0. The summed E-state index contributed by atoms with van der Waals surface area (Å²) in [4.78, 5) is 0. The van der Waals surface area contributed by atoms with Gasteiger partial charge in [0, 0.05) is 6.42 Å². The predicted molar refractivity (Wildman–Crippen MR) is 87.2 cm³/mol. The van der Waals surface area contributed by atoms with Crippen LogP contribution in [0.2, 0.25) is 0 Å². The topological polar surface area (TPSA) is 139 Å². The van der Waals surface area contributed by atoms with Crippen molar-refractivity contribution < 1.29 is 84.4 Å². The molecule has 1 aliphatic rings. The van der Waals surface area contributed by atoms with Crippen molar-refractivity contribution in [2.75, 3.05) is 0 Å². The molecule has 134 valence electrons. The molecule has 1 aromatic rings. The van der Waals surface area contributed by atoms with Crippen LogP contribution >= 0.6 is 11.8 Å². The largest absolute Gasteiger partial charge is 1.00 e. The maximum absolute atomic E-state index is 11.0. The molecule has 8 nitrogen and oxygen atoms in total. The van der Waals surface area contributed by atoms with Gasteiger partial charge >= 0.3 is 51.4 Å². The first-order valence-corrected chi connectivity index (χ1v) is 9.37. The summed E-state index contributed by atoms with van der Waals surface area (Å²) in [6, 6.07) is 8.74. The minimum Gasteiger partial charge on any atom is -0.730 e. The van der Waals surface area contributed by atoms with E-state index < -0.39 is 40.2 Å². The van der Waals surface area contributed by atoms with Crippen LogP contribution in [-0.4, -0.2) is 63.2 Å². The average Bonchev–Trinajstić information content (AvgIpc) is 2.50. The number of rotatable bonds is 4. The first-order valence-electron chi connectivity index (χ1n) is 7.12. The summed E-state index contributed by atoms with van der Waals surface area (Å²) in [5, 5.41) is 29.4. The fourth-order valence-electron chi connectivity index (χ4n) is 2.24. The van der Waals surface area contributed by atoms with Crippen LogP contribution in [0.25, 0.3) is 0 Å². The van der Waals surface area contributed by atoms with E-state index in [4.69, 9.17) is 4.74 Å². The SMILES string of the molecule is C[C@H]1O[C@@H](SC(Cc2ccccc2)=NS(=O)(=O)[O-])[C@H](O)[C@@H](O)[C@@H]1O.[K+]. The molecule has 1 aromatic carbocycles. The molecule has 0 radical (unpaired) electrons. The zero-order valence-corrected chi connectivity index (χ0v) is 18.5. The molecule has 0 aliphatic carbocycles. The standard InChI is InChI=1S/C14H19NO7S2.K/c1-8-11(16)12(17)13(18)14(22-8)23-10(15-24(19,20)21)7-9-5-3-2-4-6-9;/h2-6,8,11-14,16-18H,7H2,1H3,(H,19,20,21);/q;+1/p-1/t8-,11-,12+,13-,14+;/m1./s1. The van der Waals surface area contributed by atoms with Crippen LogP contribution in [0.15, 0.2) is 34.7 Å². The van der Waals surface area contributed by atoms with E-state index in [0.717, 1.165) is 11.8 Å². The van der Waals surface area contributed by atoms with Crippen LogP contribution in [0, 0.1) is 0 Å². The van der Waals surface area contributed by atoms with E-state index in [1.807, 2.05) is 0 Å². The molecule has 3 N–H and O–H groups in total. The molecule has 0 bridgehead atoms. The number of ether oxygens (including phenoxy) is 1. The zero-order valence-electron chi connectivity index (χ0n) is 13.7. The molecule has 0 saturated carbocycles. The third-order valence-corrected chi connectivity index (χ3v) is 5.16. The van der Waals surface area contributed by atoms with Gasteiger partial charge in [0.05, 0.1) is 11.1 Å². The van der Waals surface area contributed by atoms with Gasteiger partial charge in [-0.05, 0) is 12.5 Å². The molecular weight excluding hydrogens is 397 g/mol. The van der Waals surface area contributed by atoms with Crippen LogP contribution < -0.4 is 51.4 Å². The normalized spacial score (nSPS) is 30.6. The zero-order chi connectivity index (χ0) is 17.9. The molecular formula is C14H18KNO7S2. The van der Waals surface area contributed by atoms with E-state index in [1.165, 1.54) is 6.92 Å². The second kappa shape index (κ2) is 10.2. The van der Waals surface area contributed by atoms with E-state index in [-0.39, 0.29) is 62.8 Å². The van der Waals surface area contributed by atoms with Gasteiger partial charge in [-0.2, -0.15) is 4.40 Å². The van der Waals surface area contributed by atoms with Crippen LogP contribution in [0.5, 0.6) is 0 Å². The van der Waals surface area contributed by atoms with Crippen molar-refractivity contribution in [3.8, 4) is 0 Å². The Morgan fingerprint density at radius 1 is 1.20 bits per heavy atom. The van der Waals surface area contributed by atoms with E-state index in [1.54, 1.807) is 30.3 Å². The number of aliphatic hydroxyl groups excluding tert-OH is 3. The Bertz CT molecular complexity index is 686. The second-order valence-corrected chi connectivity index (χ2v) is 7.58. The minimum atomic E-state index is -4.88. The number of nitrogens with zero attached hydrogens (tertiary/aromatic N) is 1. The Morgan fingerprint density at radius 2 is 1.80 bits per heavy atom. The third-order valence-electron chi connectivity index (χ3n) is 3.47. The molecule has 11 heteroatoms. The molecule has 25 heavy (non-hydrogen) atoms. The van der Waals surface area contributed by atoms with Gasteiger partial charge in [-0.1, -0.05) is 42.1 Å². The number of aliphatic hydroxyl groups is 3. The van der Waals surface area contributed by atoms with Crippen molar-refractivity contribution in [2.45, 2.75) is 43.2 Å². The molecule has 1 aliphatic heterocycles. The summed E-state index contributed by atoms with van der Waals surface area (Å²) < 4.78 is 41.5. The first kappa shape index (κ1) is 23.7. The second-order valence-electron chi connectivity index (χ2n) is 5.37. The van der Waals surface area contributed by atoms with Crippen LogP contribution in [0.3, 0.4) is 0 Å². The van der Waals surface area contributed by atoms with E-state index in [0.29, 0.717) is 5.56 Å². The average molecular weight is 416 g/mol. The predicted octanol–water partition coefficient (Wildman–Crippen LogP) is -3.35. The fourth-order valence-corrected chi connectivity index (χ4v) is 4.04.